The lowest BCUT2D eigenvalue weighted by atomic mass is 9.99. The first-order valence-electron chi connectivity index (χ1n) is 5.31. The zero-order valence-electron chi connectivity index (χ0n) is 9.17. The standard InChI is InChI=1S/C15H12O2/c16-15(17)11-10-13-8-4-5-9-14(13)12-6-2-1-3-7-12/h1-11H,(H,16,17)/p-1/b11-10+. The van der Waals surface area contributed by atoms with E-state index in [1.807, 2.05) is 54.6 Å². The highest BCUT2D eigenvalue weighted by Crippen LogP contribution is 2.24. The lowest BCUT2D eigenvalue weighted by Gasteiger charge is -2.06. The average molecular weight is 223 g/mol. The maximum atomic E-state index is 10.4. The second-order valence-electron chi connectivity index (χ2n) is 3.61. The van der Waals surface area contributed by atoms with E-state index in [4.69, 9.17) is 0 Å². The summed E-state index contributed by atoms with van der Waals surface area (Å²) in [4.78, 5) is 10.4. The number of aliphatic carboxylic acids is 1. The highest BCUT2D eigenvalue weighted by molar-refractivity contribution is 5.86. The fourth-order valence-electron chi connectivity index (χ4n) is 1.68. The van der Waals surface area contributed by atoms with Crippen LogP contribution in [-0.2, 0) is 4.79 Å². The molecule has 0 amide bonds. The Labute approximate surface area is 99.8 Å². The van der Waals surface area contributed by atoms with Gasteiger partial charge in [0.1, 0.15) is 0 Å². The van der Waals surface area contributed by atoms with Gasteiger partial charge in [0.05, 0.1) is 5.97 Å². The molecule has 2 nitrogen and oxygen atoms in total. The van der Waals surface area contributed by atoms with Crippen molar-refractivity contribution in [2.45, 2.75) is 0 Å². The monoisotopic (exact) mass is 223 g/mol. The van der Waals surface area contributed by atoms with Crippen LogP contribution in [0.3, 0.4) is 0 Å². The predicted molar refractivity (Wildman–Crippen MR) is 65.9 cm³/mol. The summed E-state index contributed by atoms with van der Waals surface area (Å²) >= 11 is 0. The van der Waals surface area contributed by atoms with Crippen molar-refractivity contribution in [3.63, 3.8) is 0 Å². The van der Waals surface area contributed by atoms with Gasteiger partial charge in [-0.2, -0.15) is 0 Å². The number of carboxylic acids is 1. The molecule has 0 unspecified atom stereocenters. The molecule has 2 rings (SSSR count). The van der Waals surface area contributed by atoms with Crippen molar-refractivity contribution < 1.29 is 9.90 Å². The van der Waals surface area contributed by atoms with Gasteiger partial charge in [0.2, 0.25) is 0 Å². The van der Waals surface area contributed by atoms with Gasteiger partial charge >= 0.3 is 0 Å². The molecule has 2 heteroatoms. The molecule has 0 aromatic heterocycles. The summed E-state index contributed by atoms with van der Waals surface area (Å²) < 4.78 is 0. The van der Waals surface area contributed by atoms with Gasteiger partial charge in [-0.25, -0.2) is 0 Å². The van der Waals surface area contributed by atoms with E-state index in [0.29, 0.717) is 0 Å². The Kier molecular flexibility index (Phi) is 3.36. The van der Waals surface area contributed by atoms with Crippen LogP contribution in [0.2, 0.25) is 0 Å². The van der Waals surface area contributed by atoms with Crippen LogP contribution in [0, 0.1) is 0 Å². The molecule has 0 spiro atoms. The van der Waals surface area contributed by atoms with E-state index in [1.165, 1.54) is 0 Å². The van der Waals surface area contributed by atoms with Gasteiger partial charge in [0, 0.05) is 0 Å². The molecule has 84 valence electrons. The van der Waals surface area contributed by atoms with Crippen LogP contribution in [0.1, 0.15) is 5.56 Å². The van der Waals surface area contributed by atoms with Crippen molar-refractivity contribution >= 4 is 12.0 Å². The van der Waals surface area contributed by atoms with Gasteiger partial charge in [-0.3, -0.25) is 0 Å². The topological polar surface area (TPSA) is 40.1 Å². The van der Waals surface area contributed by atoms with Gasteiger partial charge in [0.25, 0.3) is 0 Å². The zero-order valence-corrected chi connectivity index (χ0v) is 9.17. The lowest BCUT2D eigenvalue weighted by Crippen LogP contribution is -2.18. The number of carbonyl (C=O) groups excluding carboxylic acids is 1. The van der Waals surface area contributed by atoms with Crippen LogP contribution in [-0.4, -0.2) is 5.97 Å². The molecule has 0 radical (unpaired) electrons. The second kappa shape index (κ2) is 5.12. The maximum absolute atomic E-state index is 10.4. The average Bonchev–Trinajstić information content (AvgIpc) is 2.38. The predicted octanol–water partition coefficient (Wildman–Crippen LogP) is 2.12. The first-order valence-corrected chi connectivity index (χ1v) is 5.31. The molecule has 0 saturated carbocycles. The Hall–Kier alpha value is -2.35. The minimum Gasteiger partial charge on any atom is -0.545 e. The molecule has 2 aromatic carbocycles. The summed E-state index contributed by atoms with van der Waals surface area (Å²) in [6.07, 6.45) is 2.60. The van der Waals surface area contributed by atoms with Crippen LogP contribution in [0.4, 0.5) is 0 Å². The molecule has 0 fully saturated rings. The number of carboxylic acid groups (broad SMARTS) is 1. The van der Waals surface area contributed by atoms with E-state index >= 15 is 0 Å². The Morgan fingerprint density at radius 2 is 1.59 bits per heavy atom. The number of carbonyl (C=O) groups is 1. The molecule has 0 bridgehead atoms. The van der Waals surface area contributed by atoms with Crippen molar-refractivity contribution in [1.29, 1.82) is 0 Å². The zero-order chi connectivity index (χ0) is 12.1. The lowest BCUT2D eigenvalue weighted by molar-refractivity contribution is -0.297. The van der Waals surface area contributed by atoms with E-state index in [2.05, 4.69) is 0 Å². The summed E-state index contributed by atoms with van der Waals surface area (Å²) in [6.45, 7) is 0. The van der Waals surface area contributed by atoms with E-state index in [1.54, 1.807) is 6.08 Å². The number of rotatable bonds is 3. The molecule has 0 aliphatic carbocycles. The fraction of sp³-hybridized carbons (Fsp3) is 0. The molecule has 0 aliphatic heterocycles. The van der Waals surface area contributed by atoms with Gasteiger partial charge in [-0.1, -0.05) is 60.7 Å². The normalized spacial score (nSPS) is 10.6. The van der Waals surface area contributed by atoms with Crippen LogP contribution < -0.4 is 5.11 Å². The van der Waals surface area contributed by atoms with E-state index in [-0.39, 0.29) is 0 Å². The van der Waals surface area contributed by atoms with Crippen molar-refractivity contribution in [3.05, 3.63) is 66.2 Å². The van der Waals surface area contributed by atoms with Crippen molar-refractivity contribution in [2.75, 3.05) is 0 Å². The van der Waals surface area contributed by atoms with Crippen molar-refractivity contribution in [3.8, 4) is 11.1 Å². The maximum Gasteiger partial charge on any atom is 0.0643 e. The number of hydrogen-bond acceptors (Lipinski definition) is 2. The molecule has 0 atom stereocenters. The third kappa shape index (κ3) is 2.82. The number of benzene rings is 2. The van der Waals surface area contributed by atoms with Gasteiger partial charge in [0.15, 0.2) is 0 Å². The molecule has 0 aliphatic rings. The molecule has 0 N–H and O–H groups in total. The molecule has 17 heavy (non-hydrogen) atoms. The van der Waals surface area contributed by atoms with Crippen LogP contribution in [0.25, 0.3) is 17.2 Å². The summed E-state index contributed by atoms with van der Waals surface area (Å²) in [7, 11) is 0. The summed E-state index contributed by atoms with van der Waals surface area (Å²) in [5, 5.41) is 10.4. The summed E-state index contributed by atoms with van der Waals surface area (Å²) in [5.41, 5.74) is 2.93. The minimum atomic E-state index is -1.19. The minimum absolute atomic E-state index is 0.864. The van der Waals surface area contributed by atoms with Crippen molar-refractivity contribution in [1.82, 2.24) is 0 Å². The molecular formula is C15H11O2-. The molecule has 0 saturated heterocycles. The summed E-state index contributed by atoms with van der Waals surface area (Å²) in [5.74, 6) is -1.19. The largest absolute Gasteiger partial charge is 0.545 e. The molecule has 0 heterocycles. The van der Waals surface area contributed by atoms with Crippen molar-refractivity contribution in [2.24, 2.45) is 0 Å². The van der Waals surface area contributed by atoms with Crippen LogP contribution in [0.5, 0.6) is 0 Å². The third-order valence-electron chi connectivity index (χ3n) is 2.44. The molecular weight excluding hydrogens is 212 g/mol. The smallest absolute Gasteiger partial charge is 0.0643 e. The fourth-order valence-corrected chi connectivity index (χ4v) is 1.68. The Bertz CT molecular complexity index is 542. The highest BCUT2D eigenvalue weighted by atomic mass is 16.4. The van der Waals surface area contributed by atoms with Gasteiger partial charge in [-0.15, -0.1) is 0 Å². The van der Waals surface area contributed by atoms with Crippen LogP contribution in [0.15, 0.2) is 60.7 Å². The Morgan fingerprint density at radius 1 is 0.941 bits per heavy atom. The van der Waals surface area contributed by atoms with Crippen LogP contribution >= 0.6 is 0 Å². The third-order valence-corrected chi connectivity index (χ3v) is 2.44. The first kappa shape index (κ1) is 11.1. The van der Waals surface area contributed by atoms with E-state index < -0.39 is 5.97 Å². The Balaban J connectivity index is 2.45. The second-order valence-corrected chi connectivity index (χ2v) is 3.61. The van der Waals surface area contributed by atoms with Gasteiger partial charge in [-0.05, 0) is 22.8 Å². The summed E-state index contributed by atoms with van der Waals surface area (Å²) in [6, 6.07) is 17.5. The SMILES string of the molecule is O=C([O-])/C=C/c1ccccc1-c1ccccc1. The molecule has 2 aromatic rings. The van der Waals surface area contributed by atoms with E-state index in [9.17, 15) is 9.90 Å². The Morgan fingerprint density at radius 3 is 2.29 bits per heavy atom. The quantitative estimate of drug-likeness (QED) is 0.748. The van der Waals surface area contributed by atoms with Gasteiger partial charge < -0.3 is 9.90 Å². The first-order chi connectivity index (χ1) is 8.27. The van der Waals surface area contributed by atoms with E-state index in [0.717, 1.165) is 22.8 Å². The highest BCUT2D eigenvalue weighted by Gasteiger charge is 2.00. The number of hydrogen-bond donors (Lipinski definition) is 0.